The summed E-state index contributed by atoms with van der Waals surface area (Å²) in [4.78, 5) is 0.384. The lowest BCUT2D eigenvalue weighted by Gasteiger charge is -2.10. The number of hydrogen-bond donors (Lipinski definition) is 1. The quantitative estimate of drug-likeness (QED) is 0.784. The molecular weight excluding hydrogens is 210 g/mol. The summed E-state index contributed by atoms with van der Waals surface area (Å²) in [5.41, 5.74) is 8.22. The van der Waals surface area contributed by atoms with Crippen LogP contribution in [0.25, 0.3) is 5.57 Å². The van der Waals surface area contributed by atoms with E-state index in [1.807, 2.05) is 13.0 Å². The maximum Gasteiger partial charge on any atom is 0.200 e. The summed E-state index contributed by atoms with van der Waals surface area (Å²) in [6.07, 6.45) is 0. The Morgan fingerprint density at radius 2 is 2.00 bits per heavy atom. The van der Waals surface area contributed by atoms with Crippen LogP contribution in [0.3, 0.4) is 0 Å². The van der Waals surface area contributed by atoms with E-state index in [0.29, 0.717) is 10.5 Å². The van der Waals surface area contributed by atoms with E-state index in [4.69, 9.17) is 5.73 Å². The second kappa shape index (κ2) is 3.18. The lowest BCUT2D eigenvalue weighted by molar-refractivity contribution is 0.605. The molecule has 0 aromatic heterocycles. The van der Waals surface area contributed by atoms with Crippen LogP contribution in [0.5, 0.6) is 0 Å². The van der Waals surface area contributed by atoms with E-state index < -0.39 is 9.84 Å². The Morgan fingerprint density at radius 1 is 1.33 bits per heavy atom. The van der Waals surface area contributed by atoms with Crippen molar-refractivity contribution in [2.24, 2.45) is 5.73 Å². The molecule has 1 aliphatic rings. The zero-order valence-electron chi connectivity index (χ0n) is 8.69. The van der Waals surface area contributed by atoms with Crippen LogP contribution in [0.15, 0.2) is 28.5 Å². The third kappa shape index (κ3) is 1.50. The topological polar surface area (TPSA) is 60.2 Å². The number of benzene rings is 1. The minimum Gasteiger partial charge on any atom is -0.324 e. The molecular formula is C11H13NO2S. The number of aryl methyl sites for hydroxylation is 1. The molecule has 1 aromatic rings. The lowest BCUT2D eigenvalue weighted by atomic mass is 9.98. The fraction of sp³-hybridized carbons (Fsp3) is 0.273. The summed E-state index contributed by atoms with van der Waals surface area (Å²) in [6, 6.07) is 5.02. The number of fused-ring (bicyclic) bond motifs is 1. The van der Waals surface area contributed by atoms with E-state index in [1.165, 1.54) is 5.41 Å². The van der Waals surface area contributed by atoms with Crippen LogP contribution >= 0.6 is 0 Å². The lowest BCUT2D eigenvalue weighted by Crippen LogP contribution is -2.16. The van der Waals surface area contributed by atoms with Gasteiger partial charge in [0.1, 0.15) is 0 Å². The van der Waals surface area contributed by atoms with Gasteiger partial charge in [-0.15, -0.1) is 0 Å². The van der Waals surface area contributed by atoms with Crippen molar-refractivity contribution in [3.8, 4) is 0 Å². The number of sulfone groups is 1. The molecule has 1 heterocycles. The Kier molecular flexibility index (Phi) is 2.20. The number of rotatable bonds is 1. The van der Waals surface area contributed by atoms with Crippen LogP contribution in [0.2, 0.25) is 0 Å². The molecule has 0 spiro atoms. The first-order valence-corrected chi connectivity index (χ1v) is 6.30. The van der Waals surface area contributed by atoms with Crippen molar-refractivity contribution >= 4 is 15.4 Å². The number of nitrogens with two attached hydrogens (primary N) is 1. The predicted octanol–water partition coefficient (Wildman–Crippen LogP) is 1.47. The summed E-state index contributed by atoms with van der Waals surface area (Å²) in [7, 11) is -3.26. The van der Waals surface area contributed by atoms with Crippen molar-refractivity contribution in [2.45, 2.75) is 24.8 Å². The van der Waals surface area contributed by atoms with Crippen LogP contribution in [0, 0.1) is 6.92 Å². The Morgan fingerprint density at radius 3 is 2.60 bits per heavy atom. The Labute approximate surface area is 89.5 Å². The molecule has 0 radical (unpaired) electrons. The number of hydrogen-bond acceptors (Lipinski definition) is 3. The summed E-state index contributed by atoms with van der Waals surface area (Å²) < 4.78 is 23.6. The maximum atomic E-state index is 11.8. The smallest absolute Gasteiger partial charge is 0.200 e. The standard InChI is InChI=1S/C11H13NO2S/c1-7-4-3-5-10-11(7)9(8(2)12)6-15(10,13)14/h3-6,8H,12H2,1-2H3. The minimum absolute atomic E-state index is 0.262. The predicted molar refractivity (Wildman–Crippen MR) is 60.0 cm³/mol. The van der Waals surface area contributed by atoms with Crippen LogP contribution in [0.1, 0.15) is 18.1 Å². The van der Waals surface area contributed by atoms with Gasteiger partial charge in [-0.3, -0.25) is 0 Å². The highest BCUT2D eigenvalue weighted by molar-refractivity contribution is 7.95. The fourth-order valence-electron chi connectivity index (χ4n) is 1.87. The monoisotopic (exact) mass is 223 g/mol. The Bertz CT molecular complexity index is 542. The molecule has 0 bridgehead atoms. The molecule has 0 saturated heterocycles. The van der Waals surface area contributed by atoms with Gasteiger partial charge in [-0.2, -0.15) is 0 Å². The van der Waals surface area contributed by atoms with Crippen molar-refractivity contribution in [3.63, 3.8) is 0 Å². The summed E-state index contributed by atoms with van der Waals surface area (Å²) in [6.45, 7) is 3.69. The highest BCUT2D eigenvalue weighted by Crippen LogP contribution is 2.36. The van der Waals surface area contributed by atoms with Gasteiger partial charge in [0.25, 0.3) is 0 Å². The molecule has 3 nitrogen and oxygen atoms in total. The molecule has 0 amide bonds. The summed E-state index contributed by atoms with van der Waals surface area (Å²) in [5, 5.41) is 1.29. The average Bonchev–Trinajstić information content (AvgIpc) is 2.40. The van der Waals surface area contributed by atoms with Gasteiger partial charge in [0, 0.05) is 17.0 Å². The van der Waals surface area contributed by atoms with Crippen molar-refractivity contribution < 1.29 is 8.42 Å². The second-order valence-electron chi connectivity index (χ2n) is 3.85. The second-order valence-corrected chi connectivity index (χ2v) is 5.62. The highest BCUT2D eigenvalue weighted by atomic mass is 32.2. The Hall–Kier alpha value is -1.13. The van der Waals surface area contributed by atoms with Gasteiger partial charge in [-0.1, -0.05) is 12.1 Å². The summed E-state index contributed by atoms with van der Waals surface area (Å²) in [5.74, 6) is 0. The van der Waals surface area contributed by atoms with Gasteiger partial charge in [-0.25, -0.2) is 8.42 Å². The fourth-order valence-corrected chi connectivity index (χ4v) is 3.50. The zero-order chi connectivity index (χ0) is 11.2. The third-order valence-corrected chi connectivity index (χ3v) is 4.12. The maximum absolute atomic E-state index is 11.8. The molecule has 80 valence electrons. The van der Waals surface area contributed by atoms with E-state index in [9.17, 15) is 8.42 Å². The van der Waals surface area contributed by atoms with Gasteiger partial charge in [0.05, 0.1) is 4.90 Å². The van der Waals surface area contributed by atoms with Crippen LogP contribution in [0.4, 0.5) is 0 Å². The van der Waals surface area contributed by atoms with Crippen LogP contribution in [-0.4, -0.2) is 14.5 Å². The summed E-state index contributed by atoms with van der Waals surface area (Å²) >= 11 is 0. The van der Waals surface area contributed by atoms with E-state index in [-0.39, 0.29) is 6.04 Å². The zero-order valence-corrected chi connectivity index (χ0v) is 9.51. The molecule has 1 aliphatic heterocycles. The van der Waals surface area contributed by atoms with Crippen LogP contribution < -0.4 is 5.73 Å². The van der Waals surface area contributed by atoms with E-state index in [1.54, 1.807) is 19.1 Å². The molecule has 0 fully saturated rings. The largest absolute Gasteiger partial charge is 0.324 e. The van der Waals surface area contributed by atoms with Gasteiger partial charge < -0.3 is 5.73 Å². The van der Waals surface area contributed by atoms with Crippen LogP contribution in [-0.2, 0) is 9.84 Å². The molecule has 2 rings (SSSR count). The first kappa shape index (κ1) is 10.4. The van der Waals surface area contributed by atoms with Gasteiger partial charge in [0.2, 0.25) is 9.84 Å². The van der Waals surface area contributed by atoms with Crippen molar-refractivity contribution in [1.82, 2.24) is 0 Å². The molecule has 15 heavy (non-hydrogen) atoms. The van der Waals surface area contributed by atoms with E-state index in [2.05, 4.69) is 0 Å². The molecule has 1 unspecified atom stereocenters. The molecule has 4 heteroatoms. The minimum atomic E-state index is -3.26. The molecule has 1 atom stereocenters. The van der Waals surface area contributed by atoms with Crippen molar-refractivity contribution in [3.05, 3.63) is 34.7 Å². The van der Waals surface area contributed by atoms with Gasteiger partial charge >= 0.3 is 0 Å². The first-order chi connectivity index (χ1) is 6.93. The average molecular weight is 223 g/mol. The Balaban J connectivity index is 2.80. The van der Waals surface area contributed by atoms with Crippen molar-refractivity contribution in [1.29, 1.82) is 0 Å². The van der Waals surface area contributed by atoms with Crippen molar-refractivity contribution in [2.75, 3.05) is 0 Å². The normalized spacial score (nSPS) is 19.5. The third-order valence-electron chi connectivity index (χ3n) is 2.60. The van der Waals surface area contributed by atoms with E-state index >= 15 is 0 Å². The molecule has 0 aliphatic carbocycles. The molecule has 2 N–H and O–H groups in total. The highest BCUT2D eigenvalue weighted by Gasteiger charge is 2.29. The SMILES string of the molecule is Cc1cccc2c1C(C(C)N)=CS2(=O)=O. The molecule has 0 saturated carbocycles. The van der Waals surface area contributed by atoms with Gasteiger partial charge in [-0.05, 0) is 31.1 Å². The van der Waals surface area contributed by atoms with Gasteiger partial charge in [0.15, 0.2) is 0 Å². The van der Waals surface area contributed by atoms with E-state index in [0.717, 1.165) is 11.1 Å². The first-order valence-electron chi connectivity index (χ1n) is 4.76. The molecule has 1 aromatic carbocycles.